The van der Waals surface area contributed by atoms with Crippen LogP contribution in [0.5, 0.6) is 0 Å². The number of nitrogens with two attached hydrogens (primary N) is 1. The van der Waals surface area contributed by atoms with E-state index in [4.69, 9.17) is 16.0 Å². The van der Waals surface area contributed by atoms with E-state index in [0.717, 1.165) is 19.4 Å². The van der Waals surface area contributed by atoms with Gasteiger partial charge in [-0.2, -0.15) is 9.97 Å². The number of ether oxygens (including phenoxy) is 1. The molecule has 11 heteroatoms. The van der Waals surface area contributed by atoms with Gasteiger partial charge < -0.3 is 20.9 Å². The van der Waals surface area contributed by atoms with Gasteiger partial charge in [0, 0.05) is 17.9 Å². The molecule has 11 nitrogen and oxygen atoms in total. The van der Waals surface area contributed by atoms with E-state index in [1.54, 1.807) is 10.9 Å². The van der Waals surface area contributed by atoms with E-state index in [0.29, 0.717) is 23.4 Å². The zero-order chi connectivity index (χ0) is 17.8. The minimum absolute atomic E-state index is 0.136. The lowest BCUT2D eigenvalue weighted by molar-refractivity contribution is -0.0232. The summed E-state index contributed by atoms with van der Waals surface area (Å²) in [6.45, 7) is 2.64. The number of aromatic nitrogens is 4. The first kappa shape index (κ1) is 17.2. The Hall–Kier alpha value is -2.62. The average Bonchev–Trinajstić information content (AvgIpc) is 3.19. The number of aliphatic hydroxyl groups excluding tert-OH is 1. The number of unbranched alkanes of at least 4 members (excludes halogenated alkanes) is 1. The molecular weight excluding hydrogens is 326 g/mol. The normalized spacial score (nSPS) is 22.9. The fraction of sp³-hybridized carbons (Fsp3) is 0.643. The molecule has 134 valence electrons. The van der Waals surface area contributed by atoms with Crippen LogP contribution in [0.3, 0.4) is 0 Å². The van der Waals surface area contributed by atoms with Crippen molar-refractivity contribution in [1.82, 2.24) is 19.5 Å². The number of nitrogen functional groups attached to an aromatic ring is 1. The van der Waals surface area contributed by atoms with Crippen molar-refractivity contribution in [2.75, 3.05) is 24.2 Å². The van der Waals surface area contributed by atoms with Crippen LogP contribution in [0.4, 0.5) is 11.8 Å². The zero-order valence-corrected chi connectivity index (χ0v) is 13.9. The number of imidazole rings is 1. The number of azide groups is 1. The number of anilines is 2. The Kier molecular flexibility index (Phi) is 5.17. The van der Waals surface area contributed by atoms with Crippen molar-refractivity contribution in [3.05, 3.63) is 16.8 Å². The van der Waals surface area contributed by atoms with Crippen LogP contribution < -0.4 is 11.1 Å². The predicted octanol–water partition coefficient (Wildman–Crippen LogP) is 1.58. The predicted molar refractivity (Wildman–Crippen MR) is 91.7 cm³/mol. The molecule has 0 amide bonds. The molecule has 2 aromatic heterocycles. The summed E-state index contributed by atoms with van der Waals surface area (Å²) in [6.07, 6.45) is 3.08. The first-order valence-corrected chi connectivity index (χ1v) is 8.22. The fourth-order valence-corrected chi connectivity index (χ4v) is 2.89. The summed E-state index contributed by atoms with van der Waals surface area (Å²) in [5.74, 6) is 0.717. The summed E-state index contributed by atoms with van der Waals surface area (Å²) < 4.78 is 7.52. The Morgan fingerprint density at radius 3 is 3.12 bits per heavy atom. The molecule has 1 fully saturated rings. The standard InChI is InChI=1S/C14H21N9O2/c1-2-3-4-17-12-11-13(20-14(15)19-12)23(7-18-11)10-5-8(21-22-16)9(6-24)25-10/h7-10,24H,2-6H2,1H3,(H3,15,17,19,20)/t8-,9+,10+/m0/s1. The van der Waals surface area contributed by atoms with Gasteiger partial charge in [0.05, 0.1) is 25.1 Å². The van der Waals surface area contributed by atoms with Crippen molar-refractivity contribution in [2.24, 2.45) is 5.11 Å². The van der Waals surface area contributed by atoms with E-state index in [1.807, 2.05) is 0 Å². The van der Waals surface area contributed by atoms with Gasteiger partial charge in [-0.05, 0) is 12.0 Å². The second kappa shape index (κ2) is 7.51. The van der Waals surface area contributed by atoms with Crippen molar-refractivity contribution in [2.45, 2.75) is 44.6 Å². The van der Waals surface area contributed by atoms with Crippen LogP contribution in [-0.4, -0.2) is 49.9 Å². The highest BCUT2D eigenvalue weighted by atomic mass is 16.5. The Labute approximate surface area is 143 Å². The fourth-order valence-electron chi connectivity index (χ4n) is 2.89. The zero-order valence-electron chi connectivity index (χ0n) is 13.9. The molecule has 3 atom stereocenters. The molecule has 3 rings (SSSR count). The highest BCUT2D eigenvalue weighted by Crippen LogP contribution is 2.33. The number of hydrogen-bond acceptors (Lipinski definition) is 8. The summed E-state index contributed by atoms with van der Waals surface area (Å²) in [7, 11) is 0. The van der Waals surface area contributed by atoms with Crippen LogP contribution in [0.25, 0.3) is 21.6 Å². The molecule has 0 aliphatic carbocycles. The SMILES string of the molecule is CCCCNc1nc(N)nc2c1ncn2[C@H]1C[C@H](N=[N+]=[N-])[C@@H](CO)O1. The summed E-state index contributed by atoms with van der Waals surface area (Å²) in [6, 6.07) is -0.446. The molecule has 1 aliphatic rings. The highest BCUT2D eigenvalue weighted by Gasteiger charge is 2.36. The smallest absolute Gasteiger partial charge is 0.224 e. The van der Waals surface area contributed by atoms with Gasteiger partial charge in [0.1, 0.15) is 6.23 Å². The van der Waals surface area contributed by atoms with Crippen LogP contribution in [0, 0.1) is 0 Å². The maximum absolute atomic E-state index is 9.41. The highest BCUT2D eigenvalue weighted by molar-refractivity contribution is 5.84. The molecule has 0 unspecified atom stereocenters. The molecule has 0 bridgehead atoms. The molecule has 0 spiro atoms. The maximum atomic E-state index is 9.41. The van der Waals surface area contributed by atoms with Crippen molar-refractivity contribution < 1.29 is 9.84 Å². The molecule has 4 N–H and O–H groups in total. The Morgan fingerprint density at radius 2 is 2.40 bits per heavy atom. The number of nitrogens with zero attached hydrogens (tertiary/aromatic N) is 7. The molecule has 3 heterocycles. The van der Waals surface area contributed by atoms with Crippen LogP contribution in [0.2, 0.25) is 0 Å². The number of nitrogens with one attached hydrogen (secondary N) is 1. The van der Waals surface area contributed by atoms with Crippen LogP contribution in [-0.2, 0) is 4.74 Å². The minimum atomic E-state index is -0.556. The third kappa shape index (κ3) is 3.43. The third-order valence-corrected chi connectivity index (χ3v) is 4.16. The summed E-state index contributed by atoms with van der Waals surface area (Å²) in [4.78, 5) is 15.7. The molecule has 2 aromatic rings. The first-order chi connectivity index (χ1) is 12.2. The van der Waals surface area contributed by atoms with Crippen molar-refractivity contribution in [1.29, 1.82) is 0 Å². The number of rotatable bonds is 7. The van der Waals surface area contributed by atoms with Crippen molar-refractivity contribution in [3.8, 4) is 0 Å². The quantitative estimate of drug-likeness (QED) is 0.296. The molecule has 1 aliphatic heterocycles. The van der Waals surface area contributed by atoms with Crippen LogP contribution in [0.1, 0.15) is 32.4 Å². The topological polar surface area (TPSA) is 160 Å². The monoisotopic (exact) mass is 347 g/mol. The summed E-state index contributed by atoms with van der Waals surface area (Å²) in [5, 5.41) is 16.3. The second-order valence-corrected chi connectivity index (χ2v) is 5.85. The lowest BCUT2D eigenvalue weighted by Crippen LogP contribution is -2.22. The molecule has 0 saturated carbocycles. The van der Waals surface area contributed by atoms with Crippen molar-refractivity contribution in [3.63, 3.8) is 0 Å². The first-order valence-electron chi connectivity index (χ1n) is 8.22. The van der Waals surface area contributed by atoms with E-state index < -0.39 is 18.4 Å². The van der Waals surface area contributed by atoms with Gasteiger partial charge >= 0.3 is 0 Å². The Morgan fingerprint density at radius 1 is 1.56 bits per heavy atom. The second-order valence-electron chi connectivity index (χ2n) is 5.85. The lowest BCUT2D eigenvalue weighted by atomic mass is 10.1. The Bertz CT molecular complexity index is 786. The van der Waals surface area contributed by atoms with E-state index >= 15 is 0 Å². The Balaban J connectivity index is 1.91. The van der Waals surface area contributed by atoms with Gasteiger partial charge in [-0.3, -0.25) is 4.57 Å². The van der Waals surface area contributed by atoms with Gasteiger partial charge in [0.2, 0.25) is 5.95 Å². The number of hydrogen-bond donors (Lipinski definition) is 3. The van der Waals surface area contributed by atoms with E-state index in [1.165, 1.54) is 0 Å². The molecule has 0 aromatic carbocycles. The van der Waals surface area contributed by atoms with Gasteiger partial charge in [-0.25, -0.2) is 4.98 Å². The van der Waals surface area contributed by atoms with Crippen LogP contribution in [0.15, 0.2) is 11.4 Å². The molecule has 1 saturated heterocycles. The van der Waals surface area contributed by atoms with Gasteiger partial charge in [0.15, 0.2) is 17.0 Å². The third-order valence-electron chi connectivity index (χ3n) is 4.16. The minimum Gasteiger partial charge on any atom is -0.394 e. The summed E-state index contributed by atoms with van der Waals surface area (Å²) >= 11 is 0. The van der Waals surface area contributed by atoms with E-state index in [-0.39, 0.29) is 12.6 Å². The molecular formula is C14H21N9O2. The van der Waals surface area contributed by atoms with E-state index in [9.17, 15) is 5.11 Å². The largest absolute Gasteiger partial charge is 0.394 e. The maximum Gasteiger partial charge on any atom is 0.224 e. The molecule has 25 heavy (non-hydrogen) atoms. The van der Waals surface area contributed by atoms with Gasteiger partial charge in [-0.15, -0.1) is 0 Å². The van der Waals surface area contributed by atoms with Crippen LogP contribution >= 0.6 is 0 Å². The lowest BCUT2D eigenvalue weighted by Gasteiger charge is -2.14. The number of fused-ring (bicyclic) bond motifs is 1. The molecule has 0 radical (unpaired) electrons. The summed E-state index contributed by atoms with van der Waals surface area (Å²) in [5.41, 5.74) is 15.6. The number of aliphatic hydroxyl groups is 1. The van der Waals surface area contributed by atoms with E-state index in [2.05, 4.69) is 37.2 Å². The van der Waals surface area contributed by atoms with Crippen molar-refractivity contribution >= 4 is 22.9 Å². The van der Waals surface area contributed by atoms with Gasteiger partial charge in [-0.1, -0.05) is 18.5 Å². The average molecular weight is 347 g/mol. The van der Waals surface area contributed by atoms with Gasteiger partial charge in [0.25, 0.3) is 0 Å².